The van der Waals surface area contributed by atoms with Gasteiger partial charge in [-0.2, -0.15) is 5.26 Å². The molecule has 0 aliphatic heterocycles. The van der Waals surface area contributed by atoms with Crippen molar-refractivity contribution in [1.82, 2.24) is 5.32 Å². The molecule has 1 amide bonds. The van der Waals surface area contributed by atoms with Crippen molar-refractivity contribution in [2.45, 2.75) is 13.3 Å². The van der Waals surface area contributed by atoms with Crippen LogP contribution in [0.15, 0.2) is 18.2 Å². The highest BCUT2D eigenvalue weighted by Crippen LogP contribution is 2.22. The Labute approximate surface area is 107 Å². The number of nitriles is 1. The fraction of sp³-hybridized carbons (Fsp3) is 0.385. The number of benzene rings is 1. The van der Waals surface area contributed by atoms with E-state index in [2.05, 4.69) is 11.4 Å². The van der Waals surface area contributed by atoms with Crippen LogP contribution >= 0.6 is 0 Å². The summed E-state index contributed by atoms with van der Waals surface area (Å²) < 4.78 is 0. The Morgan fingerprint density at radius 3 is 2.83 bits per heavy atom. The maximum atomic E-state index is 11.5. The summed E-state index contributed by atoms with van der Waals surface area (Å²) in [6, 6.07) is 7.26. The monoisotopic (exact) mass is 246 g/mol. The number of nitrogens with two attached hydrogens (primary N) is 1. The summed E-state index contributed by atoms with van der Waals surface area (Å²) in [7, 11) is 1.60. The lowest BCUT2D eigenvalue weighted by atomic mass is 10.1. The minimum absolute atomic E-state index is 0.0795. The van der Waals surface area contributed by atoms with Gasteiger partial charge in [0.1, 0.15) is 6.07 Å². The van der Waals surface area contributed by atoms with Crippen LogP contribution < -0.4 is 16.0 Å². The molecule has 0 saturated carbocycles. The topological polar surface area (TPSA) is 82.2 Å². The van der Waals surface area contributed by atoms with Crippen molar-refractivity contribution in [3.8, 4) is 6.07 Å². The number of carbonyl (C=O) groups is 1. The third-order valence-electron chi connectivity index (χ3n) is 2.59. The molecule has 1 aromatic rings. The van der Waals surface area contributed by atoms with Crippen LogP contribution in [0.1, 0.15) is 18.9 Å². The van der Waals surface area contributed by atoms with E-state index in [4.69, 9.17) is 11.0 Å². The predicted molar refractivity (Wildman–Crippen MR) is 72.1 cm³/mol. The Morgan fingerprint density at radius 1 is 1.56 bits per heavy atom. The number of nitrogens with one attached hydrogen (secondary N) is 1. The van der Waals surface area contributed by atoms with Crippen molar-refractivity contribution in [2.75, 3.05) is 30.8 Å². The van der Waals surface area contributed by atoms with Crippen LogP contribution in [-0.2, 0) is 4.79 Å². The molecular weight excluding hydrogens is 228 g/mol. The van der Waals surface area contributed by atoms with E-state index in [9.17, 15) is 4.79 Å². The van der Waals surface area contributed by atoms with Gasteiger partial charge in [0.25, 0.3) is 0 Å². The molecule has 0 saturated heterocycles. The summed E-state index contributed by atoms with van der Waals surface area (Å²) in [6.45, 7) is 2.98. The minimum atomic E-state index is -0.0795. The van der Waals surface area contributed by atoms with Crippen molar-refractivity contribution >= 4 is 17.3 Å². The number of carbonyl (C=O) groups excluding carboxylic acids is 1. The second-order valence-electron chi connectivity index (χ2n) is 3.98. The summed E-state index contributed by atoms with van der Waals surface area (Å²) in [4.78, 5) is 13.4. The number of amides is 1. The number of hydrogen-bond acceptors (Lipinski definition) is 4. The van der Waals surface area contributed by atoms with E-state index in [0.717, 1.165) is 12.1 Å². The molecule has 18 heavy (non-hydrogen) atoms. The van der Waals surface area contributed by atoms with Gasteiger partial charge in [-0.3, -0.25) is 4.79 Å². The molecule has 1 rings (SSSR count). The van der Waals surface area contributed by atoms with Crippen LogP contribution in [0, 0.1) is 11.3 Å². The van der Waals surface area contributed by atoms with Gasteiger partial charge in [-0.25, -0.2) is 0 Å². The van der Waals surface area contributed by atoms with Crippen LogP contribution in [0.4, 0.5) is 11.4 Å². The zero-order chi connectivity index (χ0) is 13.5. The van der Waals surface area contributed by atoms with Gasteiger partial charge in [0.05, 0.1) is 17.8 Å². The molecule has 5 nitrogen and oxygen atoms in total. The quantitative estimate of drug-likeness (QED) is 0.762. The highest BCUT2D eigenvalue weighted by Gasteiger charge is 2.13. The first kappa shape index (κ1) is 13.8. The van der Waals surface area contributed by atoms with E-state index in [1.165, 1.54) is 0 Å². The molecule has 0 fully saturated rings. The first-order valence-corrected chi connectivity index (χ1v) is 5.87. The average Bonchev–Trinajstić information content (AvgIpc) is 2.37. The SMILES string of the molecule is CCCN(CC(=O)NC)c1ccc(N)cc1C#N. The van der Waals surface area contributed by atoms with Gasteiger partial charge in [-0.05, 0) is 24.6 Å². The van der Waals surface area contributed by atoms with Gasteiger partial charge in [-0.1, -0.05) is 6.92 Å². The molecule has 0 aliphatic rings. The number of likely N-dealkylation sites (N-methyl/N-ethyl adjacent to an activating group) is 1. The lowest BCUT2D eigenvalue weighted by Gasteiger charge is -2.24. The Kier molecular flexibility index (Phi) is 5.00. The van der Waals surface area contributed by atoms with Crippen molar-refractivity contribution in [3.05, 3.63) is 23.8 Å². The molecule has 0 unspecified atom stereocenters. The Morgan fingerprint density at radius 2 is 2.28 bits per heavy atom. The Hall–Kier alpha value is -2.22. The minimum Gasteiger partial charge on any atom is -0.399 e. The van der Waals surface area contributed by atoms with Gasteiger partial charge in [-0.15, -0.1) is 0 Å². The van der Waals surface area contributed by atoms with Gasteiger partial charge in [0.15, 0.2) is 0 Å². The third-order valence-corrected chi connectivity index (χ3v) is 2.59. The van der Waals surface area contributed by atoms with E-state index in [1.807, 2.05) is 11.8 Å². The van der Waals surface area contributed by atoms with E-state index in [1.54, 1.807) is 25.2 Å². The Balaban J connectivity index is 3.05. The average molecular weight is 246 g/mol. The predicted octanol–water partition coefficient (Wildman–Crippen LogP) is 1.10. The van der Waals surface area contributed by atoms with Crippen LogP contribution in [0.3, 0.4) is 0 Å². The van der Waals surface area contributed by atoms with Crippen LogP contribution in [0.5, 0.6) is 0 Å². The zero-order valence-corrected chi connectivity index (χ0v) is 10.7. The molecule has 96 valence electrons. The van der Waals surface area contributed by atoms with E-state index in [0.29, 0.717) is 17.8 Å². The normalized spacial score (nSPS) is 9.61. The molecular formula is C13H18N4O. The highest BCUT2D eigenvalue weighted by atomic mass is 16.1. The first-order chi connectivity index (χ1) is 8.62. The van der Waals surface area contributed by atoms with Gasteiger partial charge in [0.2, 0.25) is 5.91 Å². The summed E-state index contributed by atoms with van der Waals surface area (Å²) in [5.41, 5.74) is 7.44. The maximum Gasteiger partial charge on any atom is 0.239 e. The highest BCUT2D eigenvalue weighted by molar-refractivity contribution is 5.82. The van der Waals surface area contributed by atoms with Crippen molar-refractivity contribution in [3.63, 3.8) is 0 Å². The number of rotatable bonds is 5. The first-order valence-electron chi connectivity index (χ1n) is 5.87. The van der Waals surface area contributed by atoms with Crippen LogP contribution in [-0.4, -0.2) is 26.0 Å². The maximum absolute atomic E-state index is 11.5. The lowest BCUT2D eigenvalue weighted by molar-refractivity contribution is -0.119. The summed E-state index contributed by atoms with van der Waals surface area (Å²) >= 11 is 0. The van der Waals surface area contributed by atoms with Gasteiger partial charge < -0.3 is 16.0 Å². The van der Waals surface area contributed by atoms with Gasteiger partial charge >= 0.3 is 0 Å². The summed E-state index contributed by atoms with van der Waals surface area (Å²) in [5, 5.41) is 11.7. The number of nitrogen functional groups attached to an aromatic ring is 1. The van der Waals surface area contributed by atoms with Crippen molar-refractivity contribution < 1.29 is 4.79 Å². The molecule has 5 heteroatoms. The van der Waals surface area contributed by atoms with E-state index < -0.39 is 0 Å². The fourth-order valence-corrected chi connectivity index (χ4v) is 1.73. The second kappa shape index (κ2) is 6.50. The summed E-state index contributed by atoms with van der Waals surface area (Å²) in [5.74, 6) is -0.0795. The van der Waals surface area contributed by atoms with Crippen LogP contribution in [0.25, 0.3) is 0 Å². The zero-order valence-electron chi connectivity index (χ0n) is 10.7. The molecule has 3 N–H and O–H groups in total. The number of anilines is 2. The van der Waals surface area contributed by atoms with E-state index in [-0.39, 0.29) is 12.5 Å². The molecule has 0 aliphatic carbocycles. The molecule has 0 bridgehead atoms. The standard InChI is InChI=1S/C13H18N4O/c1-3-6-17(9-13(18)16-2)12-5-4-11(15)7-10(12)8-14/h4-5,7H,3,6,9,15H2,1-2H3,(H,16,18). The third kappa shape index (κ3) is 3.39. The summed E-state index contributed by atoms with van der Waals surface area (Å²) in [6.07, 6.45) is 0.895. The van der Waals surface area contributed by atoms with Crippen molar-refractivity contribution in [1.29, 1.82) is 5.26 Å². The molecule has 0 atom stereocenters. The molecule has 1 aromatic carbocycles. The molecule has 0 spiro atoms. The smallest absolute Gasteiger partial charge is 0.239 e. The Bertz CT molecular complexity index is 465. The van der Waals surface area contributed by atoms with Crippen molar-refractivity contribution in [2.24, 2.45) is 0 Å². The number of nitrogens with zero attached hydrogens (tertiary/aromatic N) is 2. The molecule has 0 heterocycles. The molecule has 0 radical (unpaired) electrons. The molecule has 0 aromatic heterocycles. The second-order valence-corrected chi connectivity index (χ2v) is 3.98. The van der Waals surface area contributed by atoms with Crippen LogP contribution in [0.2, 0.25) is 0 Å². The lowest BCUT2D eigenvalue weighted by Crippen LogP contribution is -2.36. The fourth-order valence-electron chi connectivity index (χ4n) is 1.73. The van der Waals surface area contributed by atoms with Gasteiger partial charge in [0, 0.05) is 19.3 Å². The number of hydrogen-bond donors (Lipinski definition) is 2. The van der Waals surface area contributed by atoms with E-state index >= 15 is 0 Å². The largest absolute Gasteiger partial charge is 0.399 e.